The number of hydrogen-bond acceptors (Lipinski definition) is 2. The first-order valence-corrected chi connectivity index (χ1v) is 10.4. The fourth-order valence-electron chi connectivity index (χ4n) is 4.52. The molecular formula is C18H32Br2O2. The van der Waals surface area contributed by atoms with Crippen LogP contribution in [-0.2, 0) is 9.53 Å². The average Bonchev–Trinajstić information content (AvgIpc) is 2.36. The van der Waals surface area contributed by atoms with Crippen molar-refractivity contribution < 1.29 is 9.53 Å². The van der Waals surface area contributed by atoms with Gasteiger partial charge in [0.05, 0.1) is 0 Å². The Bertz CT molecular complexity index is 354. The second kappa shape index (κ2) is 8.00. The minimum absolute atomic E-state index is 0.0591. The zero-order chi connectivity index (χ0) is 17.1. The smallest absolute Gasteiger partial charge is 0.320 e. The molecule has 22 heavy (non-hydrogen) atoms. The van der Waals surface area contributed by atoms with Gasteiger partial charge < -0.3 is 4.74 Å². The Morgan fingerprint density at radius 3 is 2.05 bits per heavy atom. The van der Waals surface area contributed by atoms with Crippen LogP contribution in [0.25, 0.3) is 0 Å². The molecule has 0 spiro atoms. The summed E-state index contributed by atoms with van der Waals surface area (Å²) in [6.45, 7) is 13.9. The van der Waals surface area contributed by atoms with E-state index in [0.717, 1.165) is 12.8 Å². The SMILES string of the molecule is CC(C)(C)C(C1CCCCC1OC(=O)C(Br)CBr)C(C)(C)C. The van der Waals surface area contributed by atoms with Gasteiger partial charge in [0.1, 0.15) is 10.9 Å². The van der Waals surface area contributed by atoms with E-state index in [0.29, 0.717) is 17.2 Å². The summed E-state index contributed by atoms with van der Waals surface area (Å²) in [6, 6.07) is 0. The van der Waals surface area contributed by atoms with E-state index < -0.39 is 0 Å². The lowest BCUT2D eigenvalue weighted by Gasteiger charge is -2.49. The zero-order valence-electron chi connectivity index (χ0n) is 14.9. The van der Waals surface area contributed by atoms with Gasteiger partial charge in [-0.05, 0) is 41.9 Å². The van der Waals surface area contributed by atoms with Crippen molar-refractivity contribution in [2.45, 2.75) is 78.2 Å². The normalized spacial score (nSPS) is 25.1. The molecule has 1 saturated carbocycles. The molecule has 1 aliphatic carbocycles. The second-order valence-corrected chi connectivity index (χ2v) is 10.5. The first-order chi connectivity index (χ1) is 9.98. The molecule has 0 heterocycles. The molecule has 0 radical (unpaired) electrons. The summed E-state index contributed by atoms with van der Waals surface area (Å²) in [6.07, 6.45) is 4.64. The van der Waals surface area contributed by atoms with Crippen LogP contribution in [0.15, 0.2) is 0 Å². The molecule has 0 N–H and O–H groups in total. The van der Waals surface area contributed by atoms with Crippen molar-refractivity contribution >= 4 is 37.8 Å². The van der Waals surface area contributed by atoms with Crippen LogP contribution in [-0.4, -0.2) is 22.2 Å². The van der Waals surface area contributed by atoms with Crippen molar-refractivity contribution in [1.82, 2.24) is 0 Å². The fraction of sp³-hybridized carbons (Fsp3) is 0.944. The molecular weight excluding hydrogens is 408 g/mol. The van der Waals surface area contributed by atoms with Crippen molar-refractivity contribution in [2.24, 2.45) is 22.7 Å². The summed E-state index contributed by atoms with van der Waals surface area (Å²) in [5, 5.41) is 0.588. The lowest BCUT2D eigenvalue weighted by atomic mass is 9.58. The minimum atomic E-state index is -0.252. The Hall–Kier alpha value is 0.430. The molecule has 3 unspecified atom stereocenters. The molecule has 1 aliphatic rings. The Balaban J connectivity index is 2.98. The predicted molar refractivity (Wildman–Crippen MR) is 101 cm³/mol. The van der Waals surface area contributed by atoms with Gasteiger partial charge in [0.2, 0.25) is 0 Å². The van der Waals surface area contributed by atoms with Gasteiger partial charge in [-0.1, -0.05) is 79.8 Å². The van der Waals surface area contributed by atoms with Crippen LogP contribution in [0.1, 0.15) is 67.2 Å². The van der Waals surface area contributed by atoms with E-state index in [4.69, 9.17) is 4.74 Å². The van der Waals surface area contributed by atoms with E-state index in [-0.39, 0.29) is 27.7 Å². The molecule has 2 nitrogen and oxygen atoms in total. The highest BCUT2D eigenvalue weighted by Gasteiger charge is 2.45. The lowest BCUT2D eigenvalue weighted by Crippen LogP contribution is -2.46. The first kappa shape index (κ1) is 20.5. The van der Waals surface area contributed by atoms with Crippen LogP contribution in [0, 0.1) is 22.7 Å². The highest BCUT2D eigenvalue weighted by molar-refractivity contribution is 9.12. The molecule has 0 aromatic heterocycles. The lowest BCUT2D eigenvalue weighted by molar-refractivity contribution is -0.158. The highest BCUT2D eigenvalue weighted by atomic mass is 79.9. The quantitative estimate of drug-likeness (QED) is 0.399. The number of carbonyl (C=O) groups excluding carboxylic acids is 1. The highest BCUT2D eigenvalue weighted by Crippen LogP contribution is 2.49. The number of ether oxygens (including phenoxy) is 1. The molecule has 0 aromatic rings. The van der Waals surface area contributed by atoms with Gasteiger partial charge in [-0.3, -0.25) is 4.79 Å². The Morgan fingerprint density at radius 1 is 1.09 bits per heavy atom. The van der Waals surface area contributed by atoms with Gasteiger partial charge in [0.25, 0.3) is 0 Å². The number of rotatable bonds is 4. The van der Waals surface area contributed by atoms with Gasteiger partial charge in [-0.2, -0.15) is 0 Å². The van der Waals surface area contributed by atoms with Crippen molar-refractivity contribution in [3.63, 3.8) is 0 Å². The molecule has 0 saturated heterocycles. The average molecular weight is 440 g/mol. The van der Waals surface area contributed by atoms with Gasteiger partial charge in [0, 0.05) is 5.33 Å². The maximum absolute atomic E-state index is 12.2. The third-order valence-electron chi connectivity index (χ3n) is 4.71. The van der Waals surface area contributed by atoms with Gasteiger partial charge in [-0.15, -0.1) is 0 Å². The van der Waals surface area contributed by atoms with Crippen LogP contribution in [0.5, 0.6) is 0 Å². The third kappa shape index (κ3) is 5.51. The Labute approximate surface area is 153 Å². The Kier molecular flexibility index (Phi) is 7.45. The fourth-order valence-corrected chi connectivity index (χ4v) is 4.89. The molecule has 1 rings (SSSR count). The number of carbonyl (C=O) groups is 1. The van der Waals surface area contributed by atoms with Crippen LogP contribution in [0.3, 0.4) is 0 Å². The van der Waals surface area contributed by atoms with E-state index in [2.05, 4.69) is 73.4 Å². The van der Waals surface area contributed by atoms with E-state index >= 15 is 0 Å². The third-order valence-corrected chi connectivity index (χ3v) is 6.92. The Morgan fingerprint density at radius 2 is 1.59 bits per heavy atom. The molecule has 0 amide bonds. The van der Waals surface area contributed by atoms with Gasteiger partial charge in [0.15, 0.2) is 0 Å². The summed E-state index contributed by atoms with van der Waals surface area (Å²) in [4.78, 5) is 12.0. The summed E-state index contributed by atoms with van der Waals surface area (Å²) in [5.41, 5.74) is 0.405. The van der Waals surface area contributed by atoms with Crippen LogP contribution in [0.2, 0.25) is 0 Å². The number of halogens is 2. The van der Waals surface area contributed by atoms with E-state index in [1.807, 2.05) is 0 Å². The molecule has 130 valence electrons. The summed E-state index contributed by atoms with van der Waals surface area (Å²) in [7, 11) is 0. The van der Waals surface area contributed by atoms with Crippen molar-refractivity contribution in [1.29, 1.82) is 0 Å². The largest absolute Gasteiger partial charge is 0.461 e. The van der Waals surface area contributed by atoms with Crippen LogP contribution in [0.4, 0.5) is 0 Å². The molecule has 0 aromatic carbocycles. The molecule has 0 aliphatic heterocycles. The minimum Gasteiger partial charge on any atom is -0.461 e. The molecule has 1 fully saturated rings. The van der Waals surface area contributed by atoms with Crippen LogP contribution >= 0.6 is 31.9 Å². The van der Waals surface area contributed by atoms with Gasteiger partial charge in [-0.25, -0.2) is 0 Å². The van der Waals surface area contributed by atoms with Crippen molar-refractivity contribution in [2.75, 3.05) is 5.33 Å². The summed E-state index contributed by atoms with van der Waals surface area (Å²) >= 11 is 6.72. The summed E-state index contributed by atoms with van der Waals surface area (Å²) in [5.74, 6) is 0.846. The number of esters is 1. The topological polar surface area (TPSA) is 26.3 Å². The second-order valence-electron chi connectivity index (χ2n) is 8.76. The predicted octanol–water partition coefficient (Wildman–Crippen LogP) is 5.96. The molecule has 4 heteroatoms. The maximum Gasteiger partial charge on any atom is 0.320 e. The van der Waals surface area contributed by atoms with Gasteiger partial charge >= 0.3 is 5.97 Å². The summed E-state index contributed by atoms with van der Waals surface area (Å²) < 4.78 is 5.91. The standard InChI is InChI=1S/C18H32Br2O2/c1-17(2,3)15(18(4,5)6)12-9-7-8-10-14(12)22-16(21)13(20)11-19/h12-15H,7-11H2,1-6H3. The van der Waals surface area contributed by atoms with Crippen molar-refractivity contribution in [3.05, 3.63) is 0 Å². The van der Waals surface area contributed by atoms with Crippen molar-refractivity contribution in [3.8, 4) is 0 Å². The number of hydrogen-bond donors (Lipinski definition) is 0. The van der Waals surface area contributed by atoms with E-state index in [1.165, 1.54) is 12.8 Å². The van der Waals surface area contributed by atoms with E-state index in [1.54, 1.807) is 0 Å². The molecule has 3 atom stereocenters. The van der Waals surface area contributed by atoms with E-state index in [9.17, 15) is 4.79 Å². The molecule has 0 bridgehead atoms. The number of alkyl halides is 2. The monoisotopic (exact) mass is 438 g/mol. The first-order valence-electron chi connectivity index (χ1n) is 8.39. The maximum atomic E-state index is 12.2. The van der Waals surface area contributed by atoms with Crippen LogP contribution < -0.4 is 0 Å². The zero-order valence-corrected chi connectivity index (χ0v) is 18.1.